The molecule has 2 atom stereocenters. The molecule has 1 aliphatic heterocycles. The molecule has 0 amide bonds. The Morgan fingerprint density at radius 3 is 3.12 bits per heavy atom. The minimum atomic E-state index is 0.249. The largest absolute Gasteiger partial charge is 0.383 e. The first-order chi connectivity index (χ1) is 8.35. The van der Waals surface area contributed by atoms with Crippen molar-refractivity contribution in [2.45, 2.75) is 16.9 Å². The molecule has 1 aromatic rings. The molecule has 2 rings (SSSR count). The molecule has 2 nitrogen and oxygen atoms in total. The van der Waals surface area contributed by atoms with Crippen LogP contribution in [0.4, 0.5) is 0 Å². The highest BCUT2D eigenvalue weighted by atomic mass is 35.5. The van der Waals surface area contributed by atoms with Gasteiger partial charge in [0.2, 0.25) is 0 Å². The zero-order chi connectivity index (χ0) is 12.1. The predicted octanol–water partition coefficient (Wildman–Crippen LogP) is 2.72. The molecule has 17 heavy (non-hydrogen) atoms. The Kier molecular flexibility index (Phi) is 5.16. The third kappa shape index (κ3) is 3.38. The number of thioether (sulfide) groups is 1. The summed E-state index contributed by atoms with van der Waals surface area (Å²) in [7, 11) is 1.71. The van der Waals surface area contributed by atoms with Gasteiger partial charge in [0, 0.05) is 42.1 Å². The number of methoxy groups -OCH3 is 1. The summed E-state index contributed by atoms with van der Waals surface area (Å²) in [5.41, 5.74) is 1.47. The monoisotopic (exact) mass is 271 g/mol. The number of halogens is 1. The molecule has 0 aliphatic carbocycles. The van der Waals surface area contributed by atoms with Gasteiger partial charge >= 0.3 is 0 Å². The molecule has 0 radical (unpaired) electrons. The van der Waals surface area contributed by atoms with Crippen LogP contribution < -0.4 is 5.32 Å². The average molecular weight is 272 g/mol. The van der Waals surface area contributed by atoms with Crippen molar-refractivity contribution in [3.63, 3.8) is 0 Å². The maximum atomic E-state index is 5.88. The van der Waals surface area contributed by atoms with E-state index >= 15 is 0 Å². The molecule has 0 spiro atoms. The maximum Gasteiger partial charge on any atom is 0.0627 e. The smallest absolute Gasteiger partial charge is 0.0627 e. The number of hydrogen-bond donors (Lipinski definition) is 1. The van der Waals surface area contributed by atoms with Crippen LogP contribution in [0.5, 0.6) is 0 Å². The fourth-order valence-corrected chi connectivity index (χ4v) is 3.52. The minimum Gasteiger partial charge on any atom is -0.383 e. The Morgan fingerprint density at radius 1 is 1.53 bits per heavy atom. The van der Waals surface area contributed by atoms with Gasteiger partial charge in [-0.05, 0) is 11.6 Å². The molecular formula is C13H18ClNOS. The molecule has 0 bridgehead atoms. The summed E-state index contributed by atoms with van der Waals surface area (Å²) in [5.74, 6) is 2.35. The number of rotatable bonds is 6. The molecule has 0 saturated heterocycles. The van der Waals surface area contributed by atoms with E-state index < -0.39 is 0 Å². The topological polar surface area (TPSA) is 21.3 Å². The Balaban J connectivity index is 1.89. The van der Waals surface area contributed by atoms with Gasteiger partial charge in [0.05, 0.1) is 6.61 Å². The molecule has 94 valence electrons. The summed E-state index contributed by atoms with van der Waals surface area (Å²) >= 11 is 7.83. The third-order valence-electron chi connectivity index (χ3n) is 3.01. The van der Waals surface area contributed by atoms with Gasteiger partial charge in [0.25, 0.3) is 0 Å². The van der Waals surface area contributed by atoms with E-state index in [9.17, 15) is 0 Å². The van der Waals surface area contributed by atoms with E-state index in [1.165, 1.54) is 10.5 Å². The van der Waals surface area contributed by atoms with Gasteiger partial charge in [0.1, 0.15) is 0 Å². The highest BCUT2D eigenvalue weighted by molar-refractivity contribution is 7.99. The first-order valence-corrected chi connectivity index (χ1v) is 7.37. The van der Waals surface area contributed by atoms with E-state index in [2.05, 4.69) is 29.6 Å². The van der Waals surface area contributed by atoms with Crippen LogP contribution in [0.25, 0.3) is 0 Å². The SMILES string of the molecule is COCC(CCl)NCC1CSc2ccccc21. The lowest BCUT2D eigenvalue weighted by Gasteiger charge is -2.18. The van der Waals surface area contributed by atoms with E-state index in [0.29, 0.717) is 18.4 Å². The second-order valence-electron chi connectivity index (χ2n) is 4.26. The molecule has 0 aromatic heterocycles. The minimum absolute atomic E-state index is 0.249. The predicted molar refractivity (Wildman–Crippen MR) is 74.3 cm³/mol. The van der Waals surface area contributed by atoms with Gasteiger partial charge in [-0.2, -0.15) is 0 Å². The van der Waals surface area contributed by atoms with Crippen molar-refractivity contribution in [2.75, 3.05) is 31.9 Å². The van der Waals surface area contributed by atoms with Crippen LogP contribution in [-0.4, -0.2) is 37.9 Å². The lowest BCUT2D eigenvalue weighted by molar-refractivity contribution is 0.173. The van der Waals surface area contributed by atoms with Crippen molar-refractivity contribution in [1.29, 1.82) is 0 Å². The van der Waals surface area contributed by atoms with Gasteiger partial charge in [-0.25, -0.2) is 0 Å². The van der Waals surface area contributed by atoms with Gasteiger partial charge in [-0.1, -0.05) is 18.2 Å². The van der Waals surface area contributed by atoms with Crippen molar-refractivity contribution >= 4 is 23.4 Å². The number of alkyl halides is 1. The van der Waals surface area contributed by atoms with Crippen LogP contribution in [-0.2, 0) is 4.74 Å². The van der Waals surface area contributed by atoms with Crippen molar-refractivity contribution < 1.29 is 4.74 Å². The Bertz CT molecular complexity index is 361. The van der Waals surface area contributed by atoms with Crippen molar-refractivity contribution in [2.24, 2.45) is 0 Å². The van der Waals surface area contributed by atoms with Crippen LogP contribution >= 0.6 is 23.4 Å². The van der Waals surface area contributed by atoms with Crippen LogP contribution in [0.15, 0.2) is 29.2 Å². The maximum absolute atomic E-state index is 5.88. The second kappa shape index (κ2) is 6.64. The molecule has 0 fully saturated rings. The molecule has 1 aromatic carbocycles. The third-order valence-corrected chi connectivity index (χ3v) is 4.63. The average Bonchev–Trinajstić information content (AvgIpc) is 2.78. The van der Waals surface area contributed by atoms with Gasteiger partial charge < -0.3 is 10.1 Å². The first-order valence-electron chi connectivity index (χ1n) is 5.85. The number of hydrogen-bond acceptors (Lipinski definition) is 3. The summed E-state index contributed by atoms with van der Waals surface area (Å²) in [5, 5.41) is 3.48. The van der Waals surface area contributed by atoms with E-state index in [-0.39, 0.29) is 6.04 Å². The fraction of sp³-hybridized carbons (Fsp3) is 0.538. The summed E-state index contributed by atoms with van der Waals surface area (Å²) in [6.07, 6.45) is 0. The van der Waals surface area contributed by atoms with Gasteiger partial charge in [-0.15, -0.1) is 23.4 Å². The number of ether oxygens (including phenoxy) is 1. The van der Waals surface area contributed by atoms with Crippen molar-refractivity contribution in [3.8, 4) is 0 Å². The standard InChI is InChI=1S/C13H18ClNOS/c1-16-8-11(6-14)15-7-10-9-17-13-5-3-2-4-12(10)13/h2-5,10-11,15H,6-9H2,1H3. The molecule has 0 saturated carbocycles. The van der Waals surface area contributed by atoms with Crippen LogP contribution in [0.2, 0.25) is 0 Å². The van der Waals surface area contributed by atoms with Crippen LogP contribution in [0, 0.1) is 0 Å². The zero-order valence-corrected chi connectivity index (χ0v) is 11.6. The number of fused-ring (bicyclic) bond motifs is 1. The zero-order valence-electron chi connectivity index (χ0n) is 9.99. The van der Waals surface area contributed by atoms with E-state index in [0.717, 1.165) is 12.3 Å². The van der Waals surface area contributed by atoms with E-state index in [4.69, 9.17) is 16.3 Å². The highest BCUT2D eigenvalue weighted by Crippen LogP contribution is 2.38. The van der Waals surface area contributed by atoms with E-state index in [1.807, 2.05) is 11.8 Å². The van der Waals surface area contributed by atoms with Crippen LogP contribution in [0.3, 0.4) is 0 Å². The van der Waals surface area contributed by atoms with Gasteiger partial charge in [0.15, 0.2) is 0 Å². The molecule has 1 N–H and O–H groups in total. The molecule has 4 heteroatoms. The normalized spacial score (nSPS) is 20.2. The lowest BCUT2D eigenvalue weighted by atomic mass is 10.0. The summed E-state index contributed by atoms with van der Waals surface area (Å²) < 4.78 is 5.13. The fourth-order valence-electron chi connectivity index (χ4n) is 2.07. The Labute approximate surface area is 112 Å². The number of nitrogens with one attached hydrogen (secondary N) is 1. The summed E-state index contributed by atoms with van der Waals surface area (Å²) in [6.45, 7) is 1.65. The second-order valence-corrected chi connectivity index (χ2v) is 5.63. The van der Waals surface area contributed by atoms with Gasteiger partial charge in [-0.3, -0.25) is 0 Å². The van der Waals surface area contributed by atoms with Crippen LogP contribution in [0.1, 0.15) is 11.5 Å². The molecule has 1 aliphatic rings. The molecule has 2 unspecified atom stereocenters. The summed E-state index contributed by atoms with van der Waals surface area (Å²) in [6, 6.07) is 8.90. The number of benzene rings is 1. The Hall–Kier alpha value is -0.220. The highest BCUT2D eigenvalue weighted by Gasteiger charge is 2.23. The first kappa shape index (κ1) is 13.2. The van der Waals surface area contributed by atoms with Crippen molar-refractivity contribution in [3.05, 3.63) is 29.8 Å². The molecule has 1 heterocycles. The molecular weight excluding hydrogens is 254 g/mol. The summed E-state index contributed by atoms with van der Waals surface area (Å²) in [4.78, 5) is 1.42. The quantitative estimate of drug-likeness (QED) is 0.804. The Morgan fingerprint density at radius 2 is 2.35 bits per heavy atom. The van der Waals surface area contributed by atoms with Crippen molar-refractivity contribution in [1.82, 2.24) is 5.32 Å². The van der Waals surface area contributed by atoms with E-state index in [1.54, 1.807) is 7.11 Å². The lowest BCUT2D eigenvalue weighted by Crippen LogP contribution is -2.37.